The largest absolute Gasteiger partial charge is 0.461 e. The Hall–Kier alpha value is -1.83. The van der Waals surface area contributed by atoms with Gasteiger partial charge in [0.25, 0.3) is 6.43 Å². The number of aromatic nitrogens is 1. The molecular weight excluding hydrogens is 274 g/mol. The molecule has 6 nitrogen and oxygen atoms in total. The van der Waals surface area contributed by atoms with Crippen molar-refractivity contribution < 1.29 is 23.2 Å². The summed E-state index contributed by atoms with van der Waals surface area (Å²) in [6.45, 7) is 1.40. The van der Waals surface area contributed by atoms with E-state index in [1.807, 2.05) is 0 Å². The van der Waals surface area contributed by atoms with E-state index in [4.69, 9.17) is 11.6 Å². The van der Waals surface area contributed by atoms with Crippen LogP contribution in [0.15, 0.2) is 6.20 Å². The summed E-state index contributed by atoms with van der Waals surface area (Å²) in [5.41, 5.74) is -2.96. The van der Waals surface area contributed by atoms with Crippen molar-refractivity contribution in [2.24, 2.45) is 0 Å². The quantitative estimate of drug-likeness (QED) is 0.481. The normalized spacial score (nSPS) is 10.5. The summed E-state index contributed by atoms with van der Waals surface area (Å²) in [4.78, 5) is 24.4. The SMILES string of the molecule is CCOC(=O)c1ncc(Cl)c(C(F)F)c1[N+](=O)[O-]. The van der Waals surface area contributed by atoms with E-state index in [0.717, 1.165) is 6.20 Å². The van der Waals surface area contributed by atoms with Gasteiger partial charge in [0.05, 0.1) is 16.6 Å². The van der Waals surface area contributed by atoms with E-state index in [1.165, 1.54) is 6.92 Å². The van der Waals surface area contributed by atoms with Gasteiger partial charge in [-0.3, -0.25) is 10.1 Å². The lowest BCUT2D eigenvalue weighted by Gasteiger charge is -2.07. The van der Waals surface area contributed by atoms with Gasteiger partial charge in [-0.15, -0.1) is 0 Å². The number of carbonyl (C=O) groups is 1. The Morgan fingerprint density at radius 2 is 2.28 bits per heavy atom. The number of hydrogen-bond acceptors (Lipinski definition) is 5. The molecule has 0 aliphatic heterocycles. The number of carbonyl (C=O) groups excluding carboxylic acids is 1. The van der Waals surface area contributed by atoms with Gasteiger partial charge in [-0.1, -0.05) is 11.6 Å². The first-order valence-corrected chi connectivity index (χ1v) is 5.06. The smallest absolute Gasteiger partial charge is 0.364 e. The number of rotatable bonds is 4. The minimum atomic E-state index is -3.20. The molecule has 0 N–H and O–H groups in total. The highest BCUT2D eigenvalue weighted by Crippen LogP contribution is 2.36. The number of nitro groups is 1. The van der Waals surface area contributed by atoms with Gasteiger partial charge in [0.1, 0.15) is 5.56 Å². The molecule has 0 aromatic carbocycles. The maximum atomic E-state index is 12.7. The topological polar surface area (TPSA) is 82.3 Å². The molecule has 0 saturated heterocycles. The van der Waals surface area contributed by atoms with Crippen LogP contribution in [0, 0.1) is 10.1 Å². The van der Waals surface area contributed by atoms with Gasteiger partial charge >= 0.3 is 11.7 Å². The molecule has 1 heterocycles. The van der Waals surface area contributed by atoms with Gasteiger partial charge in [0.2, 0.25) is 5.69 Å². The molecular formula is C9H7ClF2N2O4. The first-order chi connectivity index (χ1) is 8.40. The summed E-state index contributed by atoms with van der Waals surface area (Å²) < 4.78 is 29.9. The van der Waals surface area contributed by atoms with Gasteiger partial charge < -0.3 is 4.74 Å². The highest BCUT2D eigenvalue weighted by molar-refractivity contribution is 6.31. The van der Waals surface area contributed by atoms with Crippen LogP contribution in [-0.2, 0) is 4.74 Å². The van der Waals surface area contributed by atoms with Crippen molar-refractivity contribution in [3.05, 3.63) is 32.6 Å². The van der Waals surface area contributed by atoms with E-state index in [2.05, 4.69) is 9.72 Å². The molecule has 18 heavy (non-hydrogen) atoms. The molecule has 0 amide bonds. The summed E-state index contributed by atoms with van der Waals surface area (Å²) in [7, 11) is 0. The van der Waals surface area contributed by atoms with E-state index >= 15 is 0 Å². The van der Waals surface area contributed by atoms with Crippen LogP contribution in [-0.4, -0.2) is 22.5 Å². The monoisotopic (exact) mass is 280 g/mol. The van der Waals surface area contributed by atoms with Crippen LogP contribution in [0.4, 0.5) is 14.5 Å². The maximum Gasteiger partial charge on any atom is 0.364 e. The van der Waals surface area contributed by atoms with E-state index in [9.17, 15) is 23.7 Å². The predicted octanol–water partition coefficient (Wildman–Crippen LogP) is 2.76. The number of esters is 1. The second kappa shape index (κ2) is 5.67. The van der Waals surface area contributed by atoms with Crippen molar-refractivity contribution in [1.82, 2.24) is 4.98 Å². The molecule has 1 rings (SSSR count). The highest BCUT2D eigenvalue weighted by atomic mass is 35.5. The lowest BCUT2D eigenvalue weighted by Crippen LogP contribution is -2.12. The van der Waals surface area contributed by atoms with Crippen LogP contribution in [0.5, 0.6) is 0 Å². The zero-order chi connectivity index (χ0) is 13.9. The molecule has 0 spiro atoms. The Bertz CT molecular complexity index is 496. The Morgan fingerprint density at radius 1 is 1.67 bits per heavy atom. The van der Waals surface area contributed by atoms with Crippen molar-refractivity contribution >= 4 is 23.3 Å². The number of hydrogen-bond donors (Lipinski definition) is 0. The molecule has 0 saturated carbocycles. The average Bonchev–Trinajstić information content (AvgIpc) is 2.27. The second-order valence-corrected chi connectivity index (χ2v) is 3.40. The molecule has 0 aliphatic rings. The molecule has 0 fully saturated rings. The van der Waals surface area contributed by atoms with Crippen molar-refractivity contribution in [2.75, 3.05) is 6.61 Å². The number of nitrogens with zero attached hydrogens (tertiary/aromatic N) is 2. The van der Waals surface area contributed by atoms with Gasteiger partial charge in [-0.25, -0.2) is 18.6 Å². The summed E-state index contributed by atoms with van der Waals surface area (Å²) in [6, 6.07) is 0. The molecule has 0 aliphatic carbocycles. The van der Waals surface area contributed by atoms with Gasteiger partial charge in [-0.05, 0) is 6.92 Å². The highest BCUT2D eigenvalue weighted by Gasteiger charge is 2.33. The number of ether oxygens (including phenoxy) is 1. The van der Waals surface area contributed by atoms with E-state index in [-0.39, 0.29) is 6.61 Å². The average molecular weight is 281 g/mol. The van der Waals surface area contributed by atoms with Crippen LogP contribution in [0.2, 0.25) is 5.02 Å². The second-order valence-electron chi connectivity index (χ2n) is 3.00. The minimum Gasteiger partial charge on any atom is -0.461 e. The number of alkyl halides is 2. The Labute approximate surface area is 105 Å². The molecule has 0 atom stereocenters. The molecule has 1 aromatic rings. The van der Waals surface area contributed by atoms with Gasteiger partial charge in [-0.2, -0.15) is 0 Å². The van der Waals surface area contributed by atoms with Crippen LogP contribution < -0.4 is 0 Å². The fraction of sp³-hybridized carbons (Fsp3) is 0.333. The molecule has 0 bridgehead atoms. The van der Waals surface area contributed by atoms with Crippen LogP contribution in [0.25, 0.3) is 0 Å². The first-order valence-electron chi connectivity index (χ1n) is 4.68. The Kier molecular flexibility index (Phi) is 4.49. The van der Waals surface area contributed by atoms with Gasteiger partial charge in [0, 0.05) is 6.20 Å². The Morgan fingerprint density at radius 3 is 2.72 bits per heavy atom. The van der Waals surface area contributed by atoms with Crippen LogP contribution >= 0.6 is 11.6 Å². The van der Waals surface area contributed by atoms with Crippen molar-refractivity contribution in [3.63, 3.8) is 0 Å². The summed E-state index contributed by atoms with van der Waals surface area (Å²) in [5, 5.41) is 10.2. The zero-order valence-electron chi connectivity index (χ0n) is 9.02. The van der Waals surface area contributed by atoms with Crippen LogP contribution in [0.3, 0.4) is 0 Å². The Balaban J connectivity index is 3.49. The number of halogens is 3. The third-order valence-corrected chi connectivity index (χ3v) is 2.21. The third-order valence-electron chi connectivity index (χ3n) is 1.91. The van der Waals surface area contributed by atoms with E-state index < -0.39 is 39.3 Å². The van der Waals surface area contributed by atoms with Gasteiger partial charge in [0.15, 0.2) is 0 Å². The third kappa shape index (κ3) is 2.70. The lowest BCUT2D eigenvalue weighted by molar-refractivity contribution is -0.386. The summed E-state index contributed by atoms with van der Waals surface area (Å²) in [6.07, 6.45) is -2.45. The zero-order valence-corrected chi connectivity index (χ0v) is 9.78. The number of pyridine rings is 1. The van der Waals surface area contributed by atoms with Crippen molar-refractivity contribution in [3.8, 4) is 0 Å². The molecule has 9 heteroatoms. The molecule has 0 radical (unpaired) electrons. The van der Waals surface area contributed by atoms with Crippen LogP contribution in [0.1, 0.15) is 29.4 Å². The van der Waals surface area contributed by atoms with E-state index in [0.29, 0.717) is 0 Å². The fourth-order valence-electron chi connectivity index (χ4n) is 1.23. The molecule has 98 valence electrons. The summed E-state index contributed by atoms with van der Waals surface area (Å²) in [5.74, 6) is -1.15. The molecule has 0 unspecified atom stereocenters. The van der Waals surface area contributed by atoms with Crippen molar-refractivity contribution in [2.45, 2.75) is 13.3 Å². The maximum absolute atomic E-state index is 12.7. The lowest BCUT2D eigenvalue weighted by atomic mass is 10.2. The minimum absolute atomic E-state index is 0.0652. The first kappa shape index (κ1) is 14.2. The molecule has 1 aromatic heterocycles. The van der Waals surface area contributed by atoms with E-state index in [1.54, 1.807) is 0 Å². The summed E-state index contributed by atoms with van der Waals surface area (Å²) >= 11 is 5.42. The van der Waals surface area contributed by atoms with Crippen molar-refractivity contribution in [1.29, 1.82) is 0 Å². The fourth-order valence-corrected chi connectivity index (χ4v) is 1.45. The predicted molar refractivity (Wildman–Crippen MR) is 56.8 cm³/mol. The standard InChI is InChI=1S/C9H7ClF2N2O4/c1-2-18-9(15)6-7(14(16)17)5(8(11)12)4(10)3-13-6/h3,8H,2H2,1H3.